The fourth-order valence-electron chi connectivity index (χ4n) is 1.47. The highest BCUT2D eigenvalue weighted by Gasteiger charge is 2.12. The van der Waals surface area contributed by atoms with E-state index in [1.807, 2.05) is 0 Å². The molecule has 19 heavy (non-hydrogen) atoms. The molecule has 0 aliphatic rings. The Balaban J connectivity index is 2.28. The maximum atomic E-state index is 12.2. The molecule has 0 bridgehead atoms. The zero-order valence-electron chi connectivity index (χ0n) is 9.45. The molecule has 1 N–H and O–H groups in total. The Morgan fingerprint density at radius 2 is 1.89 bits per heavy atom. The number of benzene rings is 2. The average molecular weight is 424 g/mol. The molecule has 0 saturated carbocycles. The maximum absolute atomic E-state index is 12.2. The average Bonchev–Trinajstić information content (AvgIpc) is 2.35. The molecule has 0 spiro atoms. The molecule has 98 valence electrons. The van der Waals surface area contributed by atoms with Crippen molar-refractivity contribution in [2.45, 2.75) is 4.90 Å². The van der Waals surface area contributed by atoms with Crippen LogP contribution in [0.1, 0.15) is 10.4 Å². The van der Waals surface area contributed by atoms with E-state index < -0.39 is 0 Å². The highest BCUT2D eigenvalue weighted by molar-refractivity contribution is 14.1. The molecule has 2 aromatic carbocycles. The smallest absolute Gasteiger partial charge is 0.257 e. The van der Waals surface area contributed by atoms with Gasteiger partial charge in [0.05, 0.1) is 16.3 Å². The third-order valence-electron chi connectivity index (χ3n) is 2.37. The van der Waals surface area contributed by atoms with Gasteiger partial charge >= 0.3 is 0 Å². The Bertz CT molecular complexity index is 649. The van der Waals surface area contributed by atoms with Gasteiger partial charge in [-0.15, -0.1) is 12.6 Å². The van der Waals surface area contributed by atoms with Crippen LogP contribution in [-0.2, 0) is 0 Å². The zero-order valence-corrected chi connectivity index (χ0v) is 14.0. The molecule has 0 aliphatic heterocycles. The van der Waals surface area contributed by atoms with Crippen molar-refractivity contribution in [2.24, 2.45) is 0 Å². The molecule has 0 unspecified atom stereocenters. The van der Waals surface area contributed by atoms with Crippen LogP contribution in [0.4, 0.5) is 5.69 Å². The number of rotatable bonds is 2. The summed E-state index contributed by atoms with van der Waals surface area (Å²) < 4.78 is 0.858. The number of hydrogen-bond acceptors (Lipinski definition) is 2. The van der Waals surface area contributed by atoms with Gasteiger partial charge in [0.25, 0.3) is 5.91 Å². The summed E-state index contributed by atoms with van der Waals surface area (Å²) in [6, 6.07) is 10.2. The van der Waals surface area contributed by atoms with Gasteiger partial charge in [-0.25, -0.2) is 0 Å². The first-order valence-electron chi connectivity index (χ1n) is 5.22. The summed E-state index contributed by atoms with van der Waals surface area (Å²) in [6.07, 6.45) is 0. The number of thiol groups is 1. The minimum absolute atomic E-state index is 0.277. The van der Waals surface area contributed by atoms with Gasteiger partial charge in [0.2, 0.25) is 0 Å². The molecule has 0 atom stereocenters. The predicted octanol–water partition coefficient (Wildman–Crippen LogP) is 5.14. The topological polar surface area (TPSA) is 29.1 Å². The van der Waals surface area contributed by atoms with E-state index in [9.17, 15) is 4.79 Å². The van der Waals surface area contributed by atoms with Gasteiger partial charge in [-0.3, -0.25) is 4.79 Å². The lowest BCUT2D eigenvalue weighted by Crippen LogP contribution is -2.13. The first-order chi connectivity index (χ1) is 8.97. The summed E-state index contributed by atoms with van der Waals surface area (Å²) in [5, 5.41) is 3.81. The number of halogens is 3. The van der Waals surface area contributed by atoms with E-state index in [2.05, 4.69) is 40.5 Å². The second-order valence-corrected chi connectivity index (χ2v) is 6.26. The number of carbonyl (C=O) groups excluding carboxylic acids is 1. The molecular weight excluding hydrogens is 416 g/mol. The molecule has 0 saturated heterocycles. The lowest BCUT2D eigenvalue weighted by molar-refractivity contribution is 0.102. The Hall–Kier alpha value is -0.430. The summed E-state index contributed by atoms with van der Waals surface area (Å²) in [5.41, 5.74) is 1.08. The fourth-order valence-corrected chi connectivity index (χ4v) is 2.88. The van der Waals surface area contributed by atoms with Crippen LogP contribution in [0, 0.1) is 3.57 Å². The van der Waals surface area contributed by atoms with E-state index in [4.69, 9.17) is 23.2 Å². The van der Waals surface area contributed by atoms with E-state index in [1.54, 1.807) is 36.4 Å². The SMILES string of the molecule is O=C(Nc1ccc(Cl)cc1I)c1cc(S)ccc1Cl. The highest BCUT2D eigenvalue weighted by atomic mass is 127. The lowest BCUT2D eigenvalue weighted by atomic mass is 10.2. The summed E-state index contributed by atoms with van der Waals surface area (Å²) in [4.78, 5) is 12.8. The normalized spacial score (nSPS) is 10.3. The Labute approximate surface area is 140 Å². The van der Waals surface area contributed by atoms with Crippen LogP contribution in [0.15, 0.2) is 41.3 Å². The predicted molar refractivity (Wildman–Crippen MR) is 90.8 cm³/mol. The minimum Gasteiger partial charge on any atom is -0.321 e. The van der Waals surface area contributed by atoms with Crippen LogP contribution in [0.25, 0.3) is 0 Å². The highest BCUT2D eigenvalue weighted by Crippen LogP contribution is 2.25. The van der Waals surface area contributed by atoms with Crippen LogP contribution >= 0.6 is 58.4 Å². The number of carbonyl (C=O) groups is 1. The molecule has 2 nitrogen and oxygen atoms in total. The second kappa shape index (κ2) is 6.35. The van der Waals surface area contributed by atoms with Crippen molar-refractivity contribution in [3.05, 3.63) is 55.6 Å². The maximum Gasteiger partial charge on any atom is 0.257 e. The van der Waals surface area contributed by atoms with E-state index in [0.29, 0.717) is 26.2 Å². The number of nitrogens with one attached hydrogen (secondary N) is 1. The molecule has 0 fully saturated rings. The molecule has 2 rings (SSSR count). The largest absolute Gasteiger partial charge is 0.321 e. The molecule has 6 heteroatoms. The van der Waals surface area contributed by atoms with Crippen molar-refractivity contribution in [1.29, 1.82) is 0 Å². The number of anilines is 1. The van der Waals surface area contributed by atoms with Crippen molar-refractivity contribution in [3.63, 3.8) is 0 Å². The van der Waals surface area contributed by atoms with E-state index >= 15 is 0 Å². The minimum atomic E-state index is -0.277. The van der Waals surface area contributed by atoms with Gasteiger partial charge in [0.15, 0.2) is 0 Å². The number of hydrogen-bond donors (Lipinski definition) is 2. The van der Waals surface area contributed by atoms with Gasteiger partial charge in [0, 0.05) is 13.5 Å². The van der Waals surface area contributed by atoms with Gasteiger partial charge in [0.1, 0.15) is 0 Å². The van der Waals surface area contributed by atoms with Crippen molar-refractivity contribution < 1.29 is 4.79 Å². The summed E-state index contributed by atoms with van der Waals surface area (Å²) in [5.74, 6) is -0.277. The van der Waals surface area contributed by atoms with Crippen LogP contribution in [0.2, 0.25) is 10.0 Å². The number of amides is 1. The second-order valence-electron chi connectivity index (χ2n) is 3.74. The van der Waals surface area contributed by atoms with Crippen LogP contribution in [0.3, 0.4) is 0 Å². The molecule has 2 aromatic rings. The first-order valence-corrected chi connectivity index (χ1v) is 7.50. The summed E-state index contributed by atoms with van der Waals surface area (Å²) >= 11 is 18.2. The molecule has 0 radical (unpaired) electrons. The van der Waals surface area contributed by atoms with Crippen molar-refractivity contribution in [2.75, 3.05) is 5.32 Å². The summed E-state index contributed by atoms with van der Waals surface area (Å²) in [6.45, 7) is 0. The van der Waals surface area contributed by atoms with E-state index in [0.717, 1.165) is 3.57 Å². The van der Waals surface area contributed by atoms with Crippen LogP contribution in [-0.4, -0.2) is 5.91 Å². The van der Waals surface area contributed by atoms with Crippen molar-refractivity contribution in [3.8, 4) is 0 Å². The Morgan fingerprint density at radius 1 is 1.16 bits per heavy atom. The standard InChI is InChI=1S/C13H8Cl2INOS/c14-7-1-4-12(11(16)5-7)17-13(18)9-6-8(19)2-3-10(9)15/h1-6,19H,(H,17,18). The van der Waals surface area contributed by atoms with Crippen molar-refractivity contribution >= 4 is 70.0 Å². The summed E-state index contributed by atoms with van der Waals surface area (Å²) in [7, 11) is 0. The molecule has 0 aromatic heterocycles. The van der Waals surface area contributed by atoms with Gasteiger partial charge in [-0.2, -0.15) is 0 Å². The monoisotopic (exact) mass is 423 g/mol. The van der Waals surface area contributed by atoms with Crippen LogP contribution in [0.5, 0.6) is 0 Å². The van der Waals surface area contributed by atoms with Gasteiger partial charge in [-0.05, 0) is 59.0 Å². The molecule has 1 amide bonds. The first kappa shape index (κ1) is 15.0. The lowest BCUT2D eigenvalue weighted by Gasteiger charge is -2.09. The van der Waals surface area contributed by atoms with Gasteiger partial charge < -0.3 is 5.32 Å². The molecule has 0 heterocycles. The van der Waals surface area contributed by atoms with E-state index in [-0.39, 0.29) is 5.91 Å². The molecular formula is C13H8Cl2INOS. The Kier molecular flexibility index (Phi) is 5.00. The van der Waals surface area contributed by atoms with Crippen LogP contribution < -0.4 is 5.32 Å². The quantitative estimate of drug-likeness (QED) is 0.508. The van der Waals surface area contributed by atoms with E-state index in [1.165, 1.54) is 0 Å². The third kappa shape index (κ3) is 3.78. The Morgan fingerprint density at radius 3 is 2.58 bits per heavy atom. The molecule has 0 aliphatic carbocycles. The third-order valence-corrected chi connectivity index (χ3v) is 4.11. The zero-order chi connectivity index (χ0) is 14.0. The fraction of sp³-hybridized carbons (Fsp3) is 0. The van der Waals surface area contributed by atoms with Gasteiger partial charge in [-0.1, -0.05) is 23.2 Å². The van der Waals surface area contributed by atoms with Crippen molar-refractivity contribution in [1.82, 2.24) is 0 Å².